The maximum absolute atomic E-state index is 14.5. The molecule has 0 radical (unpaired) electrons. The molecule has 0 fully saturated rings. The van der Waals surface area contributed by atoms with Crippen LogP contribution in [-0.2, 0) is 11.3 Å². The molecule has 2 rings (SSSR count). The number of aromatic nitrogens is 1. The Morgan fingerprint density at radius 1 is 1.33 bits per heavy atom. The zero-order valence-electron chi connectivity index (χ0n) is 13.1. The standard InChI is InChI=1S/C16H15FN2O5/c1-3-23-16(20)12-13(17)14(19(21)22)10(2)18-15(12)24-9-11-7-5-4-6-8-11/h4-8H,3,9H2,1-2H3. The van der Waals surface area contributed by atoms with Crippen LogP contribution >= 0.6 is 0 Å². The number of pyridine rings is 1. The second-order valence-corrected chi connectivity index (χ2v) is 4.79. The highest BCUT2D eigenvalue weighted by Crippen LogP contribution is 2.30. The Kier molecular flexibility index (Phi) is 5.41. The monoisotopic (exact) mass is 334 g/mol. The van der Waals surface area contributed by atoms with Crippen LogP contribution in [0.1, 0.15) is 28.5 Å². The number of carbonyl (C=O) groups is 1. The maximum Gasteiger partial charge on any atom is 0.346 e. The number of carbonyl (C=O) groups excluding carboxylic acids is 1. The summed E-state index contributed by atoms with van der Waals surface area (Å²) in [7, 11) is 0. The summed E-state index contributed by atoms with van der Waals surface area (Å²) in [6, 6.07) is 8.96. The molecule has 0 N–H and O–H groups in total. The largest absolute Gasteiger partial charge is 0.472 e. The van der Waals surface area contributed by atoms with Crippen LogP contribution in [0, 0.1) is 22.9 Å². The molecule has 126 valence electrons. The maximum atomic E-state index is 14.5. The number of hydrogen-bond acceptors (Lipinski definition) is 6. The van der Waals surface area contributed by atoms with Crippen molar-refractivity contribution in [1.82, 2.24) is 4.98 Å². The lowest BCUT2D eigenvalue weighted by Crippen LogP contribution is -2.14. The molecule has 1 aromatic carbocycles. The smallest absolute Gasteiger partial charge is 0.346 e. The van der Waals surface area contributed by atoms with Crippen LogP contribution in [0.25, 0.3) is 0 Å². The van der Waals surface area contributed by atoms with Gasteiger partial charge in [-0.05, 0) is 19.4 Å². The van der Waals surface area contributed by atoms with Crippen molar-refractivity contribution in [3.8, 4) is 5.88 Å². The van der Waals surface area contributed by atoms with Crippen LogP contribution in [0.5, 0.6) is 5.88 Å². The van der Waals surface area contributed by atoms with Gasteiger partial charge in [0.2, 0.25) is 11.7 Å². The third-order valence-corrected chi connectivity index (χ3v) is 3.13. The summed E-state index contributed by atoms with van der Waals surface area (Å²) in [5, 5.41) is 11.0. The minimum atomic E-state index is -1.31. The molecule has 1 heterocycles. The van der Waals surface area contributed by atoms with E-state index in [0.29, 0.717) is 0 Å². The van der Waals surface area contributed by atoms with Gasteiger partial charge in [0.25, 0.3) is 0 Å². The van der Waals surface area contributed by atoms with Crippen molar-refractivity contribution in [3.05, 3.63) is 63.1 Å². The fourth-order valence-corrected chi connectivity index (χ4v) is 2.06. The number of hydrogen-bond donors (Lipinski definition) is 0. The van der Waals surface area contributed by atoms with E-state index in [-0.39, 0.29) is 24.8 Å². The van der Waals surface area contributed by atoms with Crippen molar-refractivity contribution in [2.45, 2.75) is 20.5 Å². The van der Waals surface area contributed by atoms with Crippen molar-refractivity contribution < 1.29 is 23.6 Å². The molecule has 0 unspecified atom stereocenters. The number of esters is 1. The van der Waals surface area contributed by atoms with Crippen molar-refractivity contribution >= 4 is 11.7 Å². The highest BCUT2D eigenvalue weighted by Gasteiger charge is 2.32. The molecule has 0 saturated carbocycles. The van der Waals surface area contributed by atoms with Gasteiger partial charge in [-0.15, -0.1) is 0 Å². The molecule has 0 saturated heterocycles. The number of halogens is 1. The molecule has 0 aliphatic heterocycles. The first kappa shape index (κ1) is 17.3. The lowest BCUT2D eigenvalue weighted by Gasteiger charge is -2.12. The van der Waals surface area contributed by atoms with E-state index < -0.39 is 28.0 Å². The second-order valence-electron chi connectivity index (χ2n) is 4.79. The van der Waals surface area contributed by atoms with E-state index in [4.69, 9.17) is 9.47 Å². The predicted molar refractivity (Wildman–Crippen MR) is 82.3 cm³/mol. The van der Waals surface area contributed by atoms with E-state index in [1.807, 2.05) is 6.07 Å². The summed E-state index contributed by atoms with van der Waals surface area (Å²) < 4.78 is 24.6. The van der Waals surface area contributed by atoms with Gasteiger partial charge in [0, 0.05) is 0 Å². The topological polar surface area (TPSA) is 91.6 Å². The highest BCUT2D eigenvalue weighted by atomic mass is 19.1. The molecular weight excluding hydrogens is 319 g/mol. The van der Waals surface area contributed by atoms with Crippen LogP contribution < -0.4 is 4.74 Å². The van der Waals surface area contributed by atoms with Gasteiger partial charge in [-0.3, -0.25) is 10.1 Å². The van der Waals surface area contributed by atoms with Crippen LogP contribution in [0.4, 0.5) is 10.1 Å². The van der Waals surface area contributed by atoms with Gasteiger partial charge < -0.3 is 9.47 Å². The molecule has 7 nitrogen and oxygen atoms in total. The molecule has 0 spiro atoms. The summed E-state index contributed by atoms with van der Waals surface area (Å²) in [6.45, 7) is 2.82. The average molecular weight is 334 g/mol. The van der Waals surface area contributed by atoms with E-state index >= 15 is 0 Å². The Labute approximate surface area is 137 Å². The third-order valence-electron chi connectivity index (χ3n) is 3.13. The summed E-state index contributed by atoms with van der Waals surface area (Å²) in [5.41, 5.74) is -0.964. The van der Waals surface area contributed by atoms with Crippen molar-refractivity contribution in [2.24, 2.45) is 0 Å². The van der Waals surface area contributed by atoms with Crippen LogP contribution in [0.15, 0.2) is 30.3 Å². The lowest BCUT2D eigenvalue weighted by atomic mass is 10.2. The van der Waals surface area contributed by atoms with E-state index in [0.717, 1.165) is 5.56 Å². The first-order chi connectivity index (χ1) is 11.5. The van der Waals surface area contributed by atoms with Gasteiger partial charge in [-0.25, -0.2) is 9.78 Å². The molecule has 0 atom stereocenters. The van der Waals surface area contributed by atoms with Gasteiger partial charge in [-0.1, -0.05) is 30.3 Å². The van der Waals surface area contributed by atoms with E-state index in [2.05, 4.69) is 4.98 Å². The van der Waals surface area contributed by atoms with Gasteiger partial charge in [0.15, 0.2) is 5.56 Å². The number of aryl methyl sites for hydroxylation is 1. The summed E-state index contributed by atoms with van der Waals surface area (Å²) in [4.78, 5) is 25.9. The molecule has 0 aliphatic carbocycles. The minimum absolute atomic E-state index is 0.0158. The number of rotatable bonds is 6. The number of ether oxygens (including phenoxy) is 2. The van der Waals surface area contributed by atoms with Gasteiger partial charge in [0.05, 0.1) is 11.5 Å². The fraction of sp³-hybridized carbons (Fsp3) is 0.250. The molecule has 2 aromatic rings. The SMILES string of the molecule is CCOC(=O)c1c(OCc2ccccc2)nc(C)c([N+](=O)[O-])c1F. The average Bonchev–Trinajstić information content (AvgIpc) is 2.53. The predicted octanol–water partition coefficient (Wildman–Crippen LogP) is 3.19. The lowest BCUT2D eigenvalue weighted by molar-refractivity contribution is -0.388. The normalized spacial score (nSPS) is 10.3. The Morgan fingerprint density at radius 3 is 2.58 bits per heavy atom. The summed E-state index contributed by atoms with van der Waals surface area (Å²) in [5.74, 6) is -2.71. The van der Waals surface area contributed by atoms with Crippen LogP contribution in [-0.4, -0.2) is 22.5 Å². The van der Waals surface area contributed by atoms with E-state index in [1.165, 1.54) is 13.8 Å². The van der Waals surface area contributed by atoms with Crippen LogP contribution in [0.2, 0.25) is 0 Å². The van der Waals surface area contributed by atoms with Gasteiger partial charge in [-0.2, -0.15) is 4.39 Å². The Bertz CT molecular complexity index is 765. The summed E-state index contributed by atoms with van der Waals surface area (Å²) in [6.07, 6.45) is 0. The molecule has 0 aliphatic rings. The highest BCUT2D eigenvalue weighted by molar-refractivity contribution is 5.93. The molecule has 0 amide bonds. The molecule has 24 heavy (non-hydrogen) atoms. The summed E-state index contributed by atoms with van der Waals surface area (Å²) >= 11 is 0. The third kappa shape index (κ3) is 3.65. The zero-order chi connectivity index (χ0) is 17.7. The van der Waals surface area contributed by atoms with Crippen molar-refractivity contribution in [1.29, 1.82) is 0 Å². The number of benzene rings is 1. The quantitative estimate of drug-likeness (QED) is 0.458. The second kappa shape index (κ2) is 7.49. The van der Waals surface area contributed by atoms with Crippen molar-refractivity contribution in [3.63, 3.8) is 0 Å². The van der Waals surface area contributed by atoms with Crippen molar-refractivity contribution in [2.75, 3.05) is 6.61 Å². The Hall–Kier alpha value is -3.03. The van der Waals surface area contributed by atoms with Crippen LogP contribution in [0.3, 0.4) is 0 Å². The van der Waals surface area contributed by atoms with E-state index in [9.17, 15) is 19.3 Å². The van der Waals surface area contributed by atoms with Gasteiger partial charge >= 0.3 is 11.7 Å². The number of nitro groups is 1. The molecular formula is C16H15FN2O5. The number of nitrogens with zero attached hydrogens (tertiary/aromatic N) is 2. The Morgan fingerprint density at radius 2 is 2.00 bits per heavy atom. The first-order valence-corrected chi connectivity index (χ1v) is 7.14. The fourth-order valence-electron chi connectivity index (χ4n) is 2.06. The van der Waals surface area contributed by atoms with E-state index in [1.54, 1.807) is 24.3 Å². The molecule has 1 aromatic heterocycles. The first-order valence-electron chi connectivity index (χ1n) is 7.14. The Balaban J connectivity index is 2.45. The zero-order valence-corrected chi connectivity index (χ0v) is 13.1. The molecule has 8 heteroatoms. The molecule has 0 bridgehead atoms. The van der Waals surface area contributed by atoms with Gasteiger partial charge in [0.1, 0.15) is 12.3 Å². The minimum Gasteiger partial charge on any atom is -0.472 e.